The summed E-state index contributed by atoms with van der Waals surface area (Å²) in [6.07, 6.45) is -5.28. The Bertz CT molecular complexity index is 898. The molecule has 0 saturated carbocycles. The smallest absolute Gasteiger partial charge is 0.441 e. The lowest BCUT2D eigenvalue weighted by molar-refractivity contribution is -0.204. The first kappa shape index (κ1) is 23.2. The molecule has 9 heteroatoms. The largest absolute Gasteiger partial charge is 0.463 e. The lowest BCUT2D eigenvalue weighted by Gasteiger charge is -2.35. The van der Waals surface area contributed by atoms with Crippen LogP contribution >= 0.6 is 0 Å². The number of nitrogens with one attached hydrogen (secondary N) is 2. The number of carbonyl (C=O) groups excluding carboxylic acids is 2. The van der Waals surface area contributed by atoms with Gasteiger partial charge in [-0.25, -0.2) is 9.18 Å². The van der Waals surface area contributed by atoms with Gasteiger partial charge in [0.05, 0.1) is 6.61 Å². The van der Waals surface area contributed by atoms with Gasteiger partial charge in [0.1, 0.15) is 5.82 Å². The Labute approximate surface area is 171 Å². The molecule has 0 saturated heterocycles. The molecule has 2 aromatic carbocycles. The van der Waals surface area contributed by atoms with Crippen LogP contribution in [0.25, 0.3) is 0 Å². The quantitative estimate of drug-likeness (QED) is 0.385. The molecule has 1 amide bonds. The molecule has 5 nitrogen and oxygen atoms in total. The summed E-state index contributed by atoms with van der Waals surface area (Å²) >= 11 is 0. The molecule has 0 heterocycles. The Hall–Kier alpha value is -3.10. The second-order valence-corrected chi connectivity index (χ2v) is 6.83. The van der Waals surface area contributed by atoms with Crippen LogP contribution in [0.4, 0.5) is 23.2 Å². The average Bonchev–Trinajstić information content (AvgIpc) is 2.67. The van der Waals surface area contributed by atoms with Crippen molar-refractivity contribution in [3.05, 3.63) is 65.5 Å². The highest BCUT2D eigenvalue weighted by Crippen LogP contribution is 2.34. The van der Waals surface area contributed by atoms with Crippen molar-refractivity contribution in [3.8, 4) is 0 Å². The maximum Gasteiger partial charge on any atom is 0.441 e. The fourth-order valence-corrected chi connectivity index (χ4v) is 2.67. The van der Waals surface area contributed by atoms with Gasteiger partial charge in [0.2, 0.25) is 0 Å². The van der Waals surface area contributed by atoms with E-state index in [1.807, 2.05) is 13.8 Å². The Morgan fingerprint density at radius 2 is 1.70 bits per heavy atom. The molecule has 0 spiro atoms. The number of carbonyl (C=O) groups is 2. The highest BCUT2D eigenvalue weighted by molar-refractivity contribution is 5.99. The third-order valence-electron chi connectivity index (χ3n) is 4.30. The van der Waals surface area contributed by atoms with Gasteiger partial charge < -0.3 is 15.4 Å². The number of alkyl halides is 3. The number of esters is 1. The fraction of sp³-hybridized carbons (Fsp3) is 0.333. The van der Waals surface area contributed by atoms with E-state index < -0.39 is 29.5 Å². The van der Waals surface area contributed by atoms with E-state index in [1.165, 1.54) is 25.1 Å². The molecular weight excluding hydrogens is 404 g/mol. The van der Waals surface area contributed by atoms with Gasteiger partial charge in [0.15, 0.2) is 0 Å². The monoisotopic (exact) mass is 426 g/mol. The number of hydrogen-bond acceptors (Lipinski definition) is 4. The van der Waals surface area contributed by atoms with Crippen molar-refractivity contribution in [2.24, 2.45) is 0 Å². The van der Waals surface area contributed by atoms with Gasteiger partial charge in [-0.3, -0.25) is 4.79 Å². The highest BCUT2D eigenvalue weighted by atomic mass is 19.4. The highest BCUT2D eigenvalue weighted by Gasteiger charge is 2.63. The molecule has 0 aliphatic rings. The molecule has 162 valence electrons. The van der Waals surface area contributed by atoms with Gasteiger partial charge >= 0.3 is 17.8 Å². The predicted molar refractivity (Wildman–Crippen MR) is 103 cm³/mol. The van der Waals surface area contributed by atoms with Gasteiger partial charge in [0.25, 0.3) is 5.91 Å². The van der Waals surface area contributed by atoms with Crippen LogP contribution in [0, 0.1) is 5.82 Å². The zero-order valence-corrected chi connectivity index (χ0v) is 16.6. The number of anilines is 1. The van der Waals surface area contributed by atoms with Crippen LogP contribution in [0.3, 0.4) is 0 Å². The summed E-state index contributed by atoms with van der Waals surface area (Å²) in [4.78, 5) is 24.9. The summed E-state index contributed by atoms with van der Waals surface area (Å²) in [5.41, 5.74) is -3.15. The van der Waals surface area contributed by atoms with Crippen molar-refractivity contribution in [3.63, 3.8) is 0 Å². The van der Waals surface area contributed by atoms with Crippen LogP contribution in [0.5, 0.6) is 0 Å². The van der Waals surface area contributed by atoms with Crippen LogP contribution in [-0.4, -0.2) is 30.3 Å². The second-order valence-electron chi connectivity index (χ2n) is 6.83. The minimum atomic E-state index is -5.28. The fourth-order valence-electron chi connectivity index (χ4n) is 2.67. The van der Waals surface area contributed by atoms with Crippen molar-refractivity contribution < 1.29 is 31.9 Å². The maximum absolute atomic E-state index is 14.1. The number of ether oxygens (including phenoxy) is 1. The standard InChI is InChI=1S/C21H22F4N2O3/c1-4-30-19(29)20(21(23,24)25,26-17-10-8-14(9-11-17)13(2)3)27-18(28)15-6-5-7-16(22)12-15/h5-13,26H,4H2,1-3H3,(H,27,28). The van der Waals surface area contributed by atoms with Crippen molar-refractivity contribution in [1.82, 2.24) is 5.32 Å². The average molecular weight is 426 g/mol. The number of amides is 1. The van der Waals surface area contributed by atoms with Crippen LogP contribution in [0.1, 0.15) is 42.6 Å². The SMILES string of the molecule is CCOC(=O)C(NC(=O)c1cccc(F)c1)(Nc1ccc(C(C)C)cc1)C(F)(F)F. The normalized spacial score (nSPS) is 13.5. The van der Waals surface area contributed by atoms with E-state index in [1.54, 1.807) is 17.4 Å². The van der Waals surface area contributed by atoms with Crippen LogP contribution in [0.15, 0.2) is 48.5 Å². The van der Waals surface area contributed by atoms with Gasteiger partial charge in [-0.15, -0.1) is 0 Å². The molecule has 0 aliphatic heterocycles. The van der Waals surface area contributed by atoms with Crippen molar-refractivity contribution in [1.29, 1.82) is 0 Å². The summed E-state index contributed by atoms with van der Waals surface area (Å²) in [5, 5.41) is 3.74. The summed E-state index contributed by atoms with van der Waals surface area (Å²) in [6.45, 7) is 4.83. The first-order chi connectivity index (χ1) is 14.0. The van der Waals surface area contributed by atoms with Gasteiger partial charge in [0, 0.05) is 11.3 Å². The third kappa shape index (κ3) is 5.08. The van der Waals surface area contributed by atoms with E-state index in [0.29, 0.717) is 0 Å². The van der Waals surface area contributed by atoms with E-state index >= 15 is 0 Å². The molecular formula is C21H22F4N2O3. The molecule has 0 fully saturated rings. The number of benzene rings is 2. The van der Waals surface area contributed by atoms with Crippen molar-refractivity contribution in [2.45, 2.75) is 38.5 Å². The molecule has 1 atom stereocenters. The molecule has 0 bridgehead atoms. The van der Waals surface area contributed by atoms with Gasteiger partial charge in [-0.05, 0) is 48.7 Å². The zero-order chi connectivity index (χ0) is 22.5. The molecule has 30 heavy (non-hydrogen) atoms. The topological polar surface area (TPSA) is 67.4 Å². The molecule has 1 unspecified atom stereocenters. The van der Waals surface area contributed by atoms with E-state index in [-0.39, 0.29) is 23.8 Å². The molecule has 2 aromatic rings. The summed E-state index contributed by atoms with van der Waals surface area (Å²) in [5.74, 6) is -3.71. The Balaban J connectivity index is 2.49. The lowest BCUT2D eigenvalue weighted by Crippen LogP contribution is -2.69. The Kier molecular flexibility index (Phi) is 7.07. The van der Waals surface area contributed by atoms with E-state index in [2.05, 4.69) is 10.1 Å². The van der Waals surface area contributed by atoms with Gasteiger partial charge in [-0.2, -0.15) is 13.2 Å². The zero-order valence-electron chi connectivity index (χ0n) is 16.6. The molecule has 2 rings (SSSR count). The van der Waals surface area contributed by atoms with Crippen LogP contribution in [0.2, 0.25) is 0 Å². The molecule has 0 aliphatic carbocycles. The second kappa shape index (κ2) is 9.15. The van der Waals surface area contributed by atoms with Gasteiger partial charge in [-0.1, -0.05) is 32.0 Å². The molecule has 0 radical (unpaired) electrons. The molecule has 0 aromatic heterocycles. The minimum absolute atomic E-state index is 0.0654. The van der Waals surface area contributed by atoms with Crippen molar-refractivity contribution >= 4 is 17.6 Å². The maximum atomic E-state index is 14.1. The van der Waals surface area contributed by atoms with E-state index in [4.69, 9.17) is 0 Å². The summed E-state index contributed by atoms with van der Waals surface area (Å²) in [7, 11) is 0. The minimum Gasteiger partial charge on any atom is -0.463 e. The van der Waals surface area contributed by atoms with E-state index in [0.717, 1.165) is 23.8 Å². The Morgan fingerprint density at radius 1 is 1.07 bits per heavy atom. The van der Waals surface area contributed by atoms with Crippen LogP contribution in [-0.2, 0) is 9.53 Å². The Morgan fingerprint density at radius 3 is 2.20 bits per heavy atom. The summed E-state index contributed by atoms with van der Waals surface area (Å²) in [6, 6.07) is 10.0. The number of hydrogen-bond donors (Lipinski definition) is 2. The summed E-state index contributed by atoms with van der Waals surface area (Å²) < 4.78 is 60.5. The van der Waals surface area contributed by atoms with Crippen molar-refractivity contribution in [2.75, 3.05) is 11.9 Å². The predicted octanol–water partition coefficient (Wildman–Crippen LogP) is 4.61. The van der Waals surface area contributed by atoms with Crippen LogP contribution < -0.4 is 10.6 Å². The number of halogens is 4. The lowest BCUT2D eigenvalue weighted by atomic mass is 10.0. The number of rotatable bonds is 7. The third-order valence-corrected chi connectivity index (χ3v) is 4.30. The first-order valence-electron chi connectivity index (χ1n) is 9.20. The first-order valence-corrected chi connectivity index (χ1v) is 9.20. The van der Waals surface area contributed by atoms with E-state index in [9.17, 15) is 27.2 Å². The molecule has 2 N–H and O–H groups in total.